The van der Waals surface area contributed by atoms with Crippen LogP contribution in [0.2, 0.25) is 0 Å². The van der Waals surface area contributed by atoms with Crippen LogP contribution in [0.4, 0.5) is 0 Å². The van der Waals surface area contributed by atoms with Crippen molar-refractivity contribution < 1.29 is 14.4 Å². The molecule has 21 heavy (non-hydrogen) atoms. The van der Waals surface area contributed by atoms with Gasteiger partial charge in [0.05, 0.1) is 17.7 Å². The molecule has 1 aromatic heterocycles. The molecule has 6 heteroatoms. The van der Waals surface area contributed by atoms with Gasteiger partial charge >= 0.3 is 0 Å². The number of nitrogens with zero attached hydrogens (tertiary/aromatic N) is 3. The van der Waals surface area contributed by atoms with E-state index in [1.54, 1.807) is 6.26 Å². The molecule has 0 spiro atoms. The third-order valence-corrected chi connectivity index (χ3v) is 4.62. The van der Waals surface area contributed by atoms with E-state index in [2.05, 4.69) is 10.1 Å². The number of hydrogen-bond donors (Lipinski definition) is 1. The van der Waals surface area contributed by atoms with Gasteiger partial charge in [0.2, 0.25) is 5.91 Å². The third kappa shape index (κ3) is 3.63. The van der Waals surface area contributed by atoms with Gasteiger partial charge in [-0.3, -0.25) is 9.69 Å². The van der Waals surface area contributed by atoms with Gasteiger partial charge in [-0.2, -0.15) is 0 Å². The molecule has 1 saturated heterocycles. The summed E-state index contributed by atoms with van der Waals surface area (Å²) in [7, 11) is 0. The quantitative estimate of drug-likeness (QED) is 0.897. The van der Waals surface area contributed by atoms with Gasteiger partial charge < -0.3 is 14.5 Å². The van der Waals surface area contributed by atoms with E-state index in [4.69, 9.17) is 4.52 Å². The Hall–Kier alpha value is -1.40. The maximum atomic E-state index is 12.3. The molecule has 1 aromatic rings. The molecule has 3 rings (SSSR count). The van der Waals surface area contributed by atoms with E-state index in [0.29, 0.717) is 0 Å². The fourth-order valence-electron chi connectivity index (χ4n) is 3.31. The van der Waals surface area contributed by atoms with Crippen LogP contribution in [0.1, 0.15) is 37.8 Å². The molecule has 1 aliphatic carbocycles. The minimum atomic E-state index is -0.741. The lowest BCUT2D eigenvalue weighted by atomic mass is 9.97. The lowest BCUT2D eigenvalue weighted by molar-refractivity contribution is -0.138. The van der Waals surface area contributed by atoms with Crippen LogP contribution in [-0.4, -0.2) is 57.8 Å². The number of amides is 1. The maximum Gasteiger partial charge on any atom is 0.225 e. The van der Waals surface area contributed by atoms with Gasteiger partial charge in [0.15, 0.2) is 0 Å². The van der Waals surface area contributed by atoms with Gasteiger partial charge in [-0.15, -0.1) is 0 Å². The van der Waals surface area contributed by atoms with Crippen LogP contribution in [0, 0.1) is 0 Å². The molecule has 0 radical (unpaired) electrons. The van der Waals surface area contributed by atoms with Crippen molar-refractivity contribution >= 4 is 5.91 Å². The highest BCUT2D eigenvalue weighted by Gasteiger charge is 2.35. The van der Waals surface area contributed by atoms with Crippen molar-refractivity contribution in [3.8, 4) is 0 Å². The Morgan fingerprint density at radius 3 is 2.62 bits per heavy atom. The zero-order valence-electron chi connectivity index (χ0n) is 12.3. The summed E-state index contributed by atoms with van der Waals surface area (Å²) in [5.41, 5.74) is 0.185. The van der Waals surface area contributed by atoms with Crippen molar-refractivity contribution in [2.75, 3.05) is 26.2 Å². The number of hydrogen-bond acceptors (Lipinski definition) is 5. The van der Waals surface area contributed by atoms with Crippen LogP contribution >= 0.6 is 0 Å². The van der Waals surface area contributed by atoms with E-state index in [9.17, 15) is 9.90 Å². The Kier molecular flexibility index (Phi) is 4.26. The lowest BCUT2D eigenvalue weighted by Gasteiger charge is -2.35. The molecule has 0 unspecified atom stereocenters. The smallest absolute Gasteiger partial charge is 0.225 e. The molecular weight excluding hydrogens is 270 g/mol. The first-order chi connectivity index (χ1) is 10.1. The summed E-state index contributed by atoms with van der Waals surface area (Å²) in [5.74, 6) is 0.0977. The topological polar surface area (TPSA) is 69.8 Å². The molecule has 1 saturated carbocycles. The molecule has 2 heterocycles. The van der Waals surface area contributed by atoms with Crippen LogP contribution in [0.25, 0.3) is 0 Å². The van der Waals surface area contributed by atoms with Gasteiger partial charge in [0.1, 0.15) is 6.26 Å². The van der Waals surface area contributed by atoms with Crippen molar-refractivity contribution in [3.63, 3.8) is 0 Å². The molecule has 116 valence electrons. The summed E-state index contributed by atoms with van der Waals surface area (Å²) in [6, 6.07) is 1.87. The second-order valence-corrected chi connectivity index (χ2v) is 6.26. The molecule has 1 N–H and O–H groups in total. The van der Waals surface area contributed by atoms with Crippen molar-refractivity contribution in [2.24, 2.45) is 0 Å². The van der Waals surface area contributed by atoms with Crippen LogP contribution in [-0.2, 0) is 11.3 Å². The number of carbonyl (C=O) groups excluding carboxylic acids is 1. The Morgan fingerprint density at radius 2 is 2.00 bits per heavy atom. The average molecular weight is 293 g/mol. The SMILES string of the molecule is O=C(CC1(O)CCCC1)N1CCN(Cc2ccon2)CC1. The summed E-state index contributed by atoms with van der Waals surface area (Å²) >= 11 is 0. The summed E-state index contributed by atoms with van der Waals surface area (Å²) < 4.78 is 4.83. The van der Waals surface area contributed by atoms with E-state index in [0.717, 1.165) is 64.1 Å². The third-order valence-electron chi connectivity index (χ3n) is 4.62. The second-order valence-electron chi connectivity index (χ2n) is 6.26. The fourth-order valence-corrected chi connectivity index (χ4v) is 3.31. The first kappa shape index (κ1) is 14.5. The molecule has 6 nitrogen and oxygen atoms in total. The Morgan fingerprint density at radius 1 is 1.29 bits per heavy atom. The monoisotopic (exact) mass is 293 g/mol. The highest BCUT2D eigenvalue weighted by Crippen LogP contribution is 2.32. The molecule has 0 bridgehead atoms. The first-order valence-electron chi connectivity index (χ1n) is 7.76. The van der Waals surface area contributed by atoms with E-state index < -0.39 is 5.60 Å². The minimum absolute atomic E-state index is 0.0977. The highest BCUT2D eigenvalue weighted by molar-refractivity contribution is 5.77. The van der Waals surface area contributed by atoms with Crippen molar-refractivity contribution in [3.05, 3.63) is 18.0 Å². The summed E-state index contributed by atoms with van der Waals surface area (Å²) in [6.45, 7) is 3.91. The molecule has 2 fully saturated rings. The van der Waals surface area contributed by atoms with Crippen LogP contribution in [0.15, 0.2) is 16.9 Å². The number of piperazine rings is 1. The summed E-state index contributed by atoms with van der Waals surface area (Å²) in [5, 5.41) is 14.3. The van der Waals surface area contributed by atoms with Crippen molar-refractivity contribution in [2.45, 2.75) is 44.2 Å². The van der Waals surface area contributed by atoms with E-state index in [1.807, 2.05) is 11.0 Å². The van der Waals surface area contributed by atoms with Crippen LogP contribution in [0.5, 0.6) is 0 Å². The van der Waals surface area contributed by atoms with E-state index >= 15 is 0 Å². The molecule has 1 aliphatic heterocycles. The van der Waals surface area contributed by atoms with E-state index in [-0.39, 0.29) is 12.3 Å². The van der Waals surface area contributed by atoms with E-state index in [1.165, 1.54) is 0 Å². The van der Waals surface area contributed by atoms with Gasteiger partial charge in [0.25, 0.3) is 0 Å². The van der Waals surface area contributed by atoms with Crippen LogP contribution < -0.4 is 0 Å². The van der Waals surface area contributed by atoms with Gasteiger partial charge in [-0.25, -0.2) is 0 Å². The number of rotatable bonds is 4. The number of carbonyl (C=O) groups is 1. The molecule has 0 atom stereocenters. The predicted molar refractivity (Wildman–Crippen MR) is 76.4 cm³/mol. The number of aliphatic hydroxyl groups is 1. The lowest BCUT2D eigenvalue weighted by Crippen LogP contribution is -2.49. The number of aromatic nitrogens is 1. The molecular formula is C15H23N3O3. The van der Waals surface area contributed by atoms with Crippen LogP contribution in [0.3, 0.4) is 0 Å². The van der Waals surface area contributed by atoms with Gasteiger partial charge in [0, 0.05) is 38.8 Å². The maximum absolute atomic E-state index is 12.3. The van der Waals surface area contributed by atoms with Crippen molar-refractivity contribution in [1.29, 1.82) is 0 Å². The second kappa shape index (κ2) is 6.15. The fraction of sp³-hybridized carbons (Fsp3) is 0.733. The average Bonchev–Trinajstić information content (AvgIpc) is 3.11. The Balaban J connectivity index is 1.45. The molecule has 2 aliphatic rings. The van der Waals surface area contributed by atoms with Gasteiger partial charge in [-0.05, 0) is 12.8 Å². The zero-order valence-corrected chi connectivity index (χ0v) is 12.3. The first-order valence-corrected chi connectivity index (χ1v) is 7.76. The Labute approximate surface area is 124 Å². The normalized spacial score (nSPS) is 22.6. The minimum Gasteiger partial charge on any atom is -0.389 e. The summed E-state index contributed by atoms with van der Waals surface area (Å²) in [6.07, 6.45) is 5.48. The molecule has 0 aromatic carbocycles. The largest absolute Gasteiger partial charge is 0.389 e. The standard InChI is InChI=1S/C15H23N3O3/c19-14(11-15(20)4-1-2-5-15)18-8-6-17(7-9-18)12-13-3-10-21-16-13/h3,10,20H,1-2,4-9,11-12H2. The molecule has 1 amide bonds. The Bertz CT molecular complexity index is 461. The zero-order chi connectivity index (χ0) is 14.7. The van der Waals surface area contributed by atoms with Gasteiger partial charge in [-0.1, -0.05) is 18.0 Å². The summed E-state index contributed by atoms with van der Waals surface area (Å²) in [4.78, 5) is 16.5. The van der Waals surface area contributed by atoms with Crippen molar-refractivity contribution in [1.82, 2.24) is 15.0 Å². The predicted octanol–water partition coefficient (Wildman–Crippen LogP) is 1.01. The highest BCUT2D eigenvalue weighted by atomic mass is 16.5.